The molecule has 27 heavy (non-hydrogen) atoms. The first-order valence-electron chi connectivity index (χ1n) is 8.26. The number of nitrogens with zero attached hydrogens (tertiary/aromatic N) is 1. The predicted molar refractivity (Wildman–Crippen MR) is 108 cm³/mol. The van der Waals surface area contributed by atoms with E-state index in [1.54, 1.807) is 31.2 Å². The van der Waals surface area contributed by atoms with Gasteiger partial charge in [-0.05, 0) is 60.9 Å². The van der Waals surface area contributed by atoms with Gasteiger partial charge in [-0.15, -0.1) is 0 Å². The highest BCUT2D eigenvalue weighted by atomic mass is 32.2. The molecule has 0 aliphatic carbocycles. The molecule has 1 heterocycles. The second kappa shape index (κ2) is 7.72. The van der Waals surface area contributed by atoms with E-state index in [0.29, 0.717) is 15.6 Å². The Morgan fingerprint density at radius 2 is 1.93 bits per heavy atom. The molecule has 2 aromatic rings. The molecule has 0 fully saturated rings. The van der Waals surface area contributed by atoms with Crippen molar-refractivity contribution in [1.82, 2.24) is 0 Å². The number of carbonyl (C=O) groups is 1. The Bertz CT molecular complexity index is 1000. The zero-order valence-corrected chi connectivity index (χ0v) is 16.0. The predicted octanol–water partition coefficient (Wildman–Crippen LogP) is 4.81. The number of aromatic hydroxyl groups is 1. The third kappa shape index (κ3) is 4.06. The van der Waals surface area contributed by atoms with E-state index >= 15 is 0 Å². The van der Waals surface area contributed by atoms with Gasteiger partial charge < -0.3 is 14.9 Å². The van der Waals surface area contributed by atoms with E-state index in [-0.39, 0.29) is 17.1 Å². The normalized spacial score (nSPS) is 17.0. The first-order chi connectivity index (χ1) is 12.9. The van der Waals surface area contributed by atoms with E-state index in [1.807, 2.05) is 31.2 Å². The second-order valence-corrected chi connectivity index (χ2v) is 7.16. The number of aryl methyl sites for hydroxylation is 2. The largest absolute Gasteiger partial charge is 0.508 e. The number of esters is 1. The summed E-state index contributed by atoms with van der Waals surface area (Å²) in [7, 11) is 1.27. The third-order valence-electron chi connectivity index (χ3n) is 4.03. The van der Waals surface area contributed by atoms with Gasteiger partial charge in [0.2, 0.25) is 0 Å². The Kier molecular flexibility index (Phi) is 5.37. The van der Waals surface area contributed by atoms with Crippen molar-refractivity contribution < 1.29 is 19.7 Å². The van der Waals surface area contributed by atoms with Gasteiger partial charge in [-0.3, -0.25) is 0 Å². The lowest BCUT2D eigenvalue weighted by Crippen LogP contribution is -2.10. The molecule has 2 N–H and O–H groups in total. The van der Waals surface area contributed by atoms with Crippen molar-refractivity contribution in [2.75, 3.05) is 7.11 Å². The molecular formula is C21H19NO4S. The summed E-state index contributed by atoms with van der Waals surface area (Å²) in [5, 5.41) is 20.6. The van der Waals surface area contributed by atoms with Crippen LogP contribution in [0.15, 0.2) is 63.7 Å². The molecule has 0 aromatic heterocycles. The summed E-state index contributed by atoms with van der Waals surface area (Å²) in [5.74, 6) is -0.603. The second-order valence-electron chi connectivity index (χ2n) is 6.13. The number of phenols is 1. The quantitative estimate of drug-likeness (QED) is 0.746. The van der Waals surface area contributed by atoms with Crippen LogP contribution in [-0.4, -0.2) is 28.3 Å². The molecule has 0 amide bonds. The molecule has 0 bridgehead atoms. The van der Waals surface area contributed by atoms with E-state index in [1.165, 1.54) is 18.9 Å². The molecule has 0 saturated carbocycles. The summed E-state index contributed by atoms with van der Waals surface area (Å²) in [6.45, 7) is 3.75. The summed E-state index contributed by atoms with van der Waals surface area (Å²) in [6, 6.07) is 12.7. The lowest BCUT2D eigenvalue weighted by molar-refractivity contribution is -0.135. The molecule has 0 spiro atoms. The van der Waals surface area contributed by atoms with Crippen LogP contribution in [0, 0.1) is 13.8 Å². The maximum absolute atomic E-state index is 12.2. The minimum Gasteiger partial charge on any atom is -0.508 e. The molecule has 0 unspecified atom stereocenters. The Hall–Kier alpha value is -2.99. The highest BCUT2D eigenvalue weighted by molar-refractivity contribution is 8.18. The van der Waals surface area contributed by atoms with Crippen LogP contribution < -0.4 is 0 Å². The van der Waals surface area contributed by atoms with Crippen molar-refractivity contribution >= 4 is 34.5 Å². The van der Waals surface area contributed by atoms with E-state index in [9.17, 15) is 15.0 Å². The van der Waals surface area contributed by atoms with Gasteiger partial charge in [0, 0.05) is 0 Å². The number of hydrogen-bond donors (Lipinski definition) is 2. The van der Waals surface area contributed by atoms with Crippen molar-refractivity contribution in [3.8, 4) is 5.75 Å². The molecule has 0 radical (unpaired) electrons. The fraction of sp³-hybridized carbons (Fsp3) is 0.143. The lowest BCUT2D eigenvalue weighted by Gasteiger charge is -2.02. The maximum Gasteiger partial charge on any atom is 0.344 e. The third-order valence-corrected chi connectivity index (χ3v) is 5.05. The molecular weight excluding hydrogens is 362 g/mol. The average molecular weight is 381 g/mol. The van der Waals surface area contributed by atoms with Crippen LogP contribution >= 0.6 is 11.8 Å². The number of methoxy groups -OCH3 is 1. The van der Waals surface area contributed by atoms with Gasteiger partial charge in [-0.1, -0.05) is 30.0 Å². The number of phenolic OH excluding ortho intramolecular Hbond substituents is 1. The number of benzene rings is 2. The first kappa shape index (κ1) is 18.8. The van der Waals surface area contributed by atoms with E-state index in [2.05, 4.69) is 4.99 Å². The topological polar surface area (TPSA) is 79.1 Å². The number of thioether (sulfide) groups is 1. The van der Waals surface area contributed by atoms with Crippen LogP contribution in [0.25, 0.3) is 6.08 Å². The van der Waals surface area contributed by atoms with Gasteiger partial charge in [0.25, 0.3) is 0 Å². The number of rotatable bonds is 3. The highest BCUT2D eigenvalue weighted by Crippen LogP contribution is 2.40. The van der Waals surface area contributed by atoms with Crippen molar-refractivity contribution in [3.63, 3.8) is 0 Å². The van der Waals surface area contributed by atoms with Gasteiger partial charge >= 0.3 is 5.97 Å². The zero-order chi connectivity index (χ0) is 19.6. The molecule has 1 aliphatic rings. The van der Waals surface area contributed by atoms with Gasteiger partial charge in [0.05, 0.1) is 17.7 Å². The molecule has 1 aliphatic heterocycles. The number of aliphatic hydroxyl groups excluding tert-OH is 1. The molecule has 5 nitrogen and oxygen atoms in total. The van der Waals surface area contributed by atoms with Crippen molar-refractivity contribution in [3.05, 3.63) is 75.4 Å². The summed E-state index contributed by atoms with van der Waals surface area (Å²) in [4.78, 5) is 17.2. The van der Waals surface area contributed by atoms with Crippen LogP contribution in [0.1, 0.15) is 16.7 Å². The SMILES string of the molecule is COC(=O)C1=C(O)/C(=C\c2ccc(O)c(C)c2)SC1=Nc1cccc(C)c1. The van der Waals surface area contributed by atoms with E-state index < -0.39 is 5.97 Å². The summed E-state index contributed by atoms with van der Waals surface area (Å²) >= 11 is 1.20. The standard InChI is InChI=1S/C21H19NO4S/c1-12-5-4-6-15(9-12)22-20-18(21(25)26-3)19(24)17(27-20)11-14-7-8-16(23)13(2)10-14/h4-11,23-24H,1-3H3/b17-11+,22-20?. The van der Waals surface area contributed by atoms with Crippen LogP contribution in [0.2, 0.25) is 0 Å². The van der Waals surface area contributed by atoms with Crippen LogP contribution in [0.4, 0.5) is 5.69 Å². The summed E-state index contributed by atoms with van der Waals surface area (Å²) in [6.07, 6.45) is 1.74. The zero-order valence-electron chi connectivity index (χ0n) is 15.2. The molecule has 2 aromatic carbocycles. The molecule has 6 heteroatoms. The molecule has 3 rings (SSSR count). The monoisotopic (exact) mass is 381 g/mol. The molecule has 0 saturated heterocycles. The van der Waals surface area contributed by atoms with Gasteiger partial charge in [0.1, 0.15) is 22.1 Å². The van der Waals surface area contributed by atoms with Crippen LogP contribution in [-0.2, 0) is 9.53 Å². The Morgan fingerprint density at radius 3 is 2.59 bits per heavy atom. The number of aliphatic hydroxyl groups is 1. The summed E-state index contributed by atoms with van der Waals surface area (Å²) < 4.78 is 4.82. The average Bonchev–Trinajstić information content (AvgIpc) is 2.93. The Balaban J connectivity index is 2.05. The smallest absolute Gasteiger partial charge is 0.344 e. The minimum atomic E-state index is -0.642. The van der Waals surface area contributed by atoms with E-state index in [4.69, 9.17) is 4.74 Å². The molecule has 0 atom stereocenters. The van der Waals surface area contributed by atoms with Crippen molar-refractivity contribution in [2.24, 2.45) is 4.99 Å². The van der Waals surface area contributed by atoms with Crippen LogP contribution in [0.5, 0.6) is 5.75 Å². The number of carbonyl (C=O) groups excluding carboxylic acids is 1. The molecule has 138 valence electrons. The van der Waals surface area contributed by atoms with Crippen LogP contribution in [0.3, 0.4) is 0 Å². The van der Waals surface area contributed by atoms with Gasteiger partial charge in [0.15, 0.2) is 0 Å². The maximum atomic E-state index is 12.2. The number of aliphatic imine (C=N–C) groups is 1. The summed E-state index contributed by atoms with van der Waals surface area (Å²) in [5.41, 5.74) is 3.29. The number of hydrogen-bond acceptors (Lipinski definition) is 6. The number of ether oxygens (including phenoxy) is 1. The van der Waals surface area contributed by atoms with E-state index in [0.717, 1.165) is 16.7 Å². The van der Waals surface area contributed by atoms with Crippen molar-refractivity contribution in [2.45, 2.75) is 13.8 Å². The first-order valence-corrected chi connectivity index (χ1v) is 9.07. The highest BCUT2D eigenvalue weighted by Gasteiger charge is 2.32. The fourth-order valence-corrected chi connectivity index (χ4v) is 3.66. The van der Waals surface area contributed by atoms with Crippen molar-refractivity contribution in [1.29, 1.82) is 0 Å². The Labute approximate surface area is 161 Å². The fourth-order valence-electron chi connectivity index (χ4n) is 2.63. The minimum absolute atomic E-state index is 0.0470. The lowest BCUT2D eigenvalue weighted by atomic mass is 10.1. The Morgan fingerprint density at radius 1 is 1.15 bits per heavy atom. The van der Waals surface area contributed by atoms with Gasteiger partial charge in [-0.2, -0.15) is 0 Å². The van der Waals surface area contributed by atoms with Gasteiger partial charge in [-0.25, -0.2) is 9.79 Å².